The first-order valence-electron chi connectivity index (χ1n) is 9.61. The Morgan fingerprint density at radius 3 is 2.48 bits per heavy atom. The number of pyridine rings is 1. The number of carbonyl (C=O) groups is 1. The fourth-order valence-electron chi connectivity index (χ4n) is 3.50. The summed E-state index contributed by atoms with van der Waals surface area (Å²) in [7, 11) is 0. The minimum Gasteiger partial charge on any atom is -0.325 e. The maximum Gasteiger partial charge on any atom is 0.418 e. The minimum absolute atomic E-state index is 0.00660. The number of amides is 1. The third-order valence-corrected chi connectivity index (χ3v) is 5.85. The van der Waals surface area contributed by atoms with Gasteiger partial charge in [0.15, 0.2) is 11.6 Å². The lowest BCUT2D eigenvalue weighted by Crippen LogP contribution is -2.19. The molecule has 1 amide bonds. The quantitative estimate of drug-likeness (QED) is 0.479. The zero-order valence-corrected chi connectivity index (χ0v) is 17.1. The van der Waals surface area contributed by atoms with E-state index in [4.69, 9.17) is 0 Å². The fourth-order valence-corrected chi connectivity index (χ4v) is 4.30. The number of nitriles is 1. The van der Waals surface area contributed by atoms with Gasteiger partial charge in [-0.2, -0.15) is 18.4 Å². The number of thioether (sulfide) groups is 1. The van der Waals surface area contributed by atoms with Crippen molar-refractivity contribution >= 4 is 23.4 Å². The van der Waals surface area contributed by atoms with Crippen LogP contribution in [0.1, 0.15) is 48.1 Å². The van der Waals surface area contributed by atoms with Gasteiger partial charge in [-0.3, -0.25) is 4.79 Å². The summed E-state index contributed by atoms with van der Waals surface area (Å²) in [5.41, 5.74) is -1.16. The number of carbonyl (C=O) groups excluding carboxylic acids is 1. The van der Waals surface area contributed by atoms with Gasteiger partial charge in [0.1, 0.15) is 11.1 Å². The first-order valence-corrected chi connectivity index (χ1v) is 10.6. The molecule has 1 aromatic heterocycles. The summed E-state index contributed by atoms with van der Waals surface area (Å²) in [6.07, 6.45) is -1.15. The number of aromatic nitrogens is 1. The number of alkyl halides is 3. The molecule has 1 aliphatic carbocycles. The summed E-state index contributed by atoms with van der Waals surface area (Å²) >= 11 is 0.708. The molecule has 0 unspecified atom stereocenters. The molecule has 31 heavy (non-hydrogen) atoms. The number of hydrogen-bond donors (Lipinski definition) is 1. The van der Waals surface area contributed by atoms with Gasteiger partial charge in [-0.1, -0.05) is 24.6 Å². The van der Waals surface area contributed by atoms with Crippen molar-refractivity contribution in [2.45, 2.75) is 49.7 Å². The maximum absolute atomic E-state index is 13.9. The van der Waals surface area contributed by atoms with Crippen molar-refractivity contribution in [1.82, 2.24) is 4.98 Å². The van der Waals surface area contributed by atoms with Crippen LogP contribution < -0.4 is 5.32 Å². The van der Waals surface area contributed by atoms with Gasteiger partial charge in [-0.25, -0.2) is 13.8 Å². The first-order chi connectivity index (χ1) is 14.7. The summed E-state index contributed by atoms with van der Waals surface area (Å²) in [6.45, 7) is 0. The number of aryl methyl sites for hydroxylation is 1. The molecule has 0 aliphatic heterocycles. The van der Waals surface area contributed by atoms with Gasteiger partial charge in [0.05, 0.1) is 16.9 Å². The Balaban J connectivity index is 1.88. The van der Waals surface area contributed by atoms with Crippen molar-refractivity contribution in [1.29, 1.82) is 5.26 Å². The Morgan fingerprint density at radius 2 is 1.84 bits per heavy atom. The highest BCUT2D eigenvalue weighted by Crippen LogP contribution is 2.40. The van der Waals surface area contributed by atoms with E-state index in [1.165, 1.54) is 0 Å². The highest BCUT2D eigenvalue weighted by molar-refractivity contribution is 8.00. The molecule has 2 aromatic rings. The van der Waals surface area contributed by atoms with Crippen LogP contribution >= 0.6 is 11.8 Å². The summed E-state index contributed by atoms with van der Waals surface area (Å²) in [4.78, 5) is 16.5. The summed E-state index contributed by atoms with van der Waals surface area (Å²) < 4.78 is 67.8. The molecule has 3 rings (SSSR count). The third-order valence-electron chi connectivity index (χ3n) is 4.88. The maximum atomic E-state index is 13.9. The normalized spacial score (nSPS) is 14.2. The molecule has 4 nitrogen and oxygen atoms in total. The molecule has 10 heteroatoms. The van der Waals surface area contributed by atoms with Crippen LogP contribution in [0.25, 0.3) is 0 Å². The van der Waals surface area contributed by atoms with Gasteiger partial charge in [-0.05, 0) is 43.4 Å². The number of hydrogen-bond acceptors (Lipinski definition) is 4. The number of fused-ring (bicyclic) bond motifs is 1. The lowest BCUT2D eigenvalue weighted by Gasteiger charge is -2.21. The van der Waals surface area contributed by atoms with Crippen LogP contribution in [-0.2, 0) is 23.8 Å². The van der Waals surface area contributed by atoms with Gasteiger partial charge in [0.2, 0.25) is 5.91 Å². The second kappa shape index (κ2) is 9.64. The number of nitrogens with one attached hydrogen (secondary N) is 1. The molecular formula is C21H18F5N3OS. The largest absolute Gasteiger partial charge is 0.418 e. The standard InChI is InChI=1S/C21H18F5N3OS/c22-15-8-7-12(9-16(15)23)28-18(30)11-31-20-14(10-27)19(21(24,25)26)13-5-3-1-2-4-6-17(13)29-20/h7-9H,1-6,11H2,(H,28,30). The topological polar surface area (TPSA) is 65.8 Å². The molecule has 1 heterocycles. The van der Waals surface area contributed by atoms with Crippen molar-refractivity contribution in [3.63, 3.8) is 0 Å². The molecule has 1 aliphatic rings. The molecule has 1 N–H and O–H groups in total. The zero-order valence-electron chi connectivity index (χ0n) is 16.3. The number of nitrogens with zero attached hydrogens (tertiary/aromatic N) is 2. The predicted octanol–water partition coefficient (Wildman–Crippen LogP) is 5.64. The van der Waals surface area contributed by atoms with Crippen LogP contribution in [-0.4, -0.2) is 16.6 Å². The summed E-state index contributed by atoms with van der Waals surface area (Å²) in [5, 5.41) is 11.7. The molecule has 0 atom stereocenters. The molecule has 0 spiro atoms. The zero-order chi connectivity index (χ0) is 22.6. The Morgan fingerprint density at radius 1 is 1.13 bits per heavy atom. The van der Waals surface area contributed by atoms with E-state index in [1.54, 1.807) is 6.07 Å². The molecule has 164 valence electrons. The van der Waals surface area contributed by atoms with Crippen LogP contribution in [0.3, 0.4) is 0 Å². The van der Waals surface area contributed by atoms with Gasteiger partial charge in [0.25, 0.3) is 0 Å². The van der Waals surface area contributed by atoms with Crippen molar-refractivity contribution < 1.29 is 26.7 Å². The van der Waals surface area contributed by atoms with Crippen LogP contribution in [0.4, 0.5) is 27.6 Å². The van der Waals surface area contributed by atoms with E-state index < -0.39 is 34.8 Å². The molecule has 0 radical (unpaired) electrons. The van der Waals surface area contributed by atoms with E-state index in [9.17, 15) is 32.0 Å². The SMILES string of the molecule is N#Cc1c(SCC(=O)Nc2ccc(F)c(F)c2)nc2c(c1C(F)(F)F)CCCCCC2. The van der Waals surface area contributed by atoms with Crippen LogP contribution in [0, 0.1) is 23.0 Å². The number of benzene rings is 1. The van der Waals surface area contributed by atoms with E-state index in [-0.39, 0.29) is 28.5 Å². The van der Waals surface area contributed by atoms with Gasteiger partial charge < -0.3 is 5.32 Å². The highest BCUT2D eigenvalue weighted by Gasteiger charge is 2.39. The summed E-state index contributed by atoms with van der Waals surface area (Å²) in [5.74, 6) is -3.22. The van der Waals surface area contributed by atoms with E-state index in [0.717, 1.165) is 31.0 Å². The van der Waals surface area contributed by atoms with Crippen molar-refractivity contribution in [3.05, 3.63) is 52.2 Å². The second-order valence-corrected chi connectivity index (χ2v) is 8.05. The Kier molecular flexibility index (Phi) is 7.15. The number of rotatable bonds is 4. The molecule has 0 saturated carbocycles. The van der Waals surface area contributed by atoms with Gasteiger partial charge in [-0.15, -0.1) is 0 Å². The lowest BCUT2D eigenvalue weighted by molar-refractivity contribution is -0.138. The average molecular weight is 455 g/mol. The van der Waals surface area contributed by atoms with E-state index >= 15 is 0 Å². The Bertz CT molecular complexity index is 1030. The highest BCUT2D eigenvalue weighted by atomic mass is 32.2. The van der Waals surface area contributed by atoms with Crippen LogP contribution in [0.5, 0.6) is 0 Å². The second-order valence-electron chi connectivity index (χ2n) is 7.08. The van der Waals surface area contributed by atoms with E-state index in [1.807, 2.05) is 0 Å². The third kappa shape index (κ3) is 5.53. The Hall–Kier alpha value is -2.67. The molecule has 0 bridgehead atoms. The summed E-state index contributed by atoms with van der Waals surface area (Å²) in [6, 6.07) is 4.42. The van der Waals surface area contributed by atoms with E-state index in [2.05, 4.69) is 10.3 Å². The van der Waals surface area contributed by atoms with Crippen molar-refractivity contribution in [2.24, 2.45) is 0 Å². The molecule has 1 aromatic carbocycles. The monoisotopic (exact) mass is 455 g/mol. The predicted molar refractivity (Wildman–Crippen MR) is 106 cm³/mol. The fraction of sp³-hybridized carbons (Fsp3) is 0.381. The Labute approximate surface area is 179 Å². The van der Waals surface area contributed by atoms with Crippen molar-refractivity contribution in [2.75, 3.05) is 11.1 Å². The average Bonchev–Trinajstić information content (AvgIpc) is 2.68. The lowest BCUT2D eigenvalue weighted by atomic mass is 9.91. The van der Waals surface area contributed by atoms with Crippen molar-refractivity contribution in [3.8, 4) is 6.07 Å². The number of anilines is 1. The van der Waals surface area contributed by atoms with Gasteiger partial charge >= 0.3 is 6.18 Å². The minimum atomic E-state index is -4.72. The molecule has 0 saturated heterocycles. The molecular weight excluding hydrogens is 437 g/mol. The number of halogens is 5. The van der Waals surface area contributed by atoms with Crippen LogP contribution in [0.15, 0.2) is 23.2 Å². The van der Waals surface area contributed by atoms with Gasteiger partial charge in [0, 0.05) is 17.4 Å². The van der Waals surface area contributed by atoms with Crippen LogP contribution in [0.2, 0.25) is 0 Å². The smallest absolute Gasteiger partial charge is 0.325 e. The van der Waals surface area contributed by atoms with E-state index in [0.29, 0.717) is 36.7 Å². The molecule has 0 fully saturated rings. The first kappa shape index (κ1) is 23.0.